The summed E-state index contributed by atoms with van der Waals surface area (Å²) in [5.41, 5.74) is -1.04. The van der Waals surface area contributed by atoms with Gasteiger partial charge in [0.15, 0.2) is 0 Å². The summed E-state index contributed by atoms with van der Waals surface area (Å²) in [4.78, 5) is 11.6. The van der Waals surface area contributed by atoms with Gasteiger partial charge in [0.1, 0.15) is 5.67 Å². The molecule has 0 aromatic heterocycles. The van der Waals surface area contributed by atoms with E-state index in [0.717, 1.165) is 18.6 Å². The van der Waals surface area contributed by atoms with Gasteiger partial charge >= 0.3 is 0 Å². The van der Waals surface area contributed by atoms with Crippen LogP contribution in [0.5, 0.6) is 0 Å². The average molecular weight is 217 g/mol. The molecule has 1 aliphatic heterocycles. The zero-order valence-electron chi connectivity index (χ0n) is 8.38. The Morgan fingerprint density at radius 1 is 1.57 bits per heavy atom. The van der Waals surface area contributed by atoms with Crippen LogP contribution < -0.4 is 5.32 Å². The predicted molar refractivity (Wildman–Crippen MR) is 56.2 cm³/mol. The number of halogens is 1. The summed E-state index contributed by atoms with van der Waals surface area (Å²) in [5.74, 6) is 1.21. The largest absolute Gasteiger partial charge is 0.352 e. The van der Waals surface area contributed by atoms with Crippen molar-refractivity contribution in [3.05, 3.63) is 0 Å². The molecule has 0 bridgehead atoms. The number of amides is 1. The van der Waals surface area contributed by atoms with E-state index in [1.165, 1.54) is 0 Å². The molecule has 1 amide bonds. The molecule has 2 nitrogen and oxygen atoms in total. The number of hydrogen-bond acceptors (Lipinski definition) is 2. The molecule has 1 atom stereocenters. The van der Waals surface area contributed by atoms with Crippen LogP contribution in [0.4, 0.5) is 4.39 Å². The number of thioether (sulfide) groups is 1. The summed E-state index contributed by atoms with van der Waals surface area (Å²) in [5, 5.41) is 3.04. The molecule has 1 aliphatic carbocycles. The second-order valence-corrected chi connectivity index (χ2v) is 5.84. The minimum atomic E-state index is -1.04. The maximum Gasteiger partial charge on any atom is 0.233 e. The van der Waals surface area contributed by atoms with Crippen LogP contribution in [-0.2, 0) is 4.79 Å². The van der Waals surface area contributed by atoms with Crippen molar-refractivity contribution < 1.29 is 9.18 Å². The number of alkyl halides is 1. The van der Waals surface area contributed by atoms with Crippen molar-refractivity contribution in [2.75, 3.05) is 5.75 Å². The standard InChI is InChI=1S/C10H16FNOS/c1-10(11)5-7(6-10)12-9(13)8-3-2-4-14-8/h7-8H,2-6H2,1H3,(H,12,13). The lowest BCUT2D eigenvalue weighted by molar-refractivity contribution is -0.122. The van der Waals surface area contributed by atoms with Crippen LogP contribution in [0.2, 0.25) is 0 Å². The molecular weight excluding hydrogens is 201 g/mol. The maximum atomic E-state index is 13.1. The van der Waals surface area contributed by atoms with Crippen LogP contribution in [0.3, 0.4) is 0 Å². The highest BCUT2D eigenvalue weighted by Crippen LogP contribution is 2.36. The van der Waals surface area contributed by atoms with E-state index in [4.69, 9.17) is 0 Å². The van der Waals surface area contributed by atoms with E-state index >= 15 is 0 Å². The van der Waals surface area contributed by atoms with Crippen molar-refractivity contribution in [1.29, 1.82) is 0 Å². The number of nitrogens with one attached hydrogen (secondary N) is 1. The maximum absolute atomic E-state index is 13.1. The van der Waals surface area contributed by atoms with E-state index in [2.05, 4.69) is 5.32 Å². The minimum Gasteiger partial charge on any atom is -0.352 e. The Kier molecular flexibility index (Phi) is 2.73. The van der Waals surface area contributed by atoms with E-state index in [1.54, 1.807) is 18.7 Å². The van der Waals surface area contributed by atoms with E-state index in [1.807, 2.05) is 0 Å². The number of hydrogen-bond donors (Lipinski definition) is 1. The van der Waals surface area contributed by atoms with Gasteiger partial charge in [0.25, 0.3) is 0 Å². The van der Waals surface area contributed by atoms with Gasteiger partial charge in [0, 0.05) is 18.9 Å². The molecule has 0 radical (unpaired) electrons. The Hall–Kier alpha value is -0.250. The number of carbonyl (C=O) groups excluding carboxylic acids is 1. The van der Waals surface area contributed by atoms with Gasteiger partial charge in [-0.1, -0.05) is 0 Å². The lowest BCUT2D eigenvalue weighted by atomic mass is 9.79. The van der Waals surface area contributed by atoms with Crippen molar-refractivity contribution in [2.24, 2.45) is 0 Å². The van der Waals surface area contributed by atoms with Gasteiger partial charge in [0.2, 0.25) is 5.91 Å². The molecule has 1 unspecified atom stereocenters. The van der Waals surface area contributed by atoms with E-state index in [0.29, 0.717) is 12.8 Å². The highest BCUT2D eigenvalue weighted by Gasteiger charge is 2.41. The summed E-state index contributed by atoms with van der Waals surface area (Å²) in [6, 6.07) is 0.0821. The Bertz CT molecular complexity index is 230. The van der Waals surface area contributed by atoms with Gasteiger partial charge in [-0.25, -0.2) is 4.39 Å². The molecule has 0 aromatic carbocycles. The molecule has 4 heteroatoms. The van der Waals surface area contributed by atoms with Crippen molar-refractivity contribution in [1.82, 2.24) is 5.32 Å². The van der Waals surface area contributed by atoms with Gasteiger partial charge in [-0.15, -0.1) is 11.8 Å². The second-order valence-electron chi connectivity index (χ2n) is 4.53. The van der Waals surface area contributed by atoms with E-state index in [-0.39, 0.29) is 17.2 Å². The van der Waals surface area contributed by atoms with Crippen LogP contribution in [0.15, 0.2) is 0 Å². The van der Waals surface area contributed by atoms with Gasteiger partial charge in [-0.2, -0.15) is 0 Å². The molecule has 1 N–H and O–H groups in total. The van der Waals surface area contributed by atoms with Gasteiger partial charge in [0.05, 0.1) is 5.25 Å². The molecular formula is C10H16FNOS. The van der Waals surface area contributed by atoms with Crippen LogP contribution >= 0.6 is 11.8 Å². The molecule has 1 heterocycles. The Morgan fingerprint density at radius 2 is 2.29 bits per heavy atom. The highest BCUT2D eigenvalue weighted by atomic mass is 32.2. The Balaban J connectivity index is 1.73. The molecule has 2 aliphatic rings. The molecule has 1 saturated carbocycles. The summed E-state index contributed by atoms with van der Waals surface area (Å²) >= 11 is 1.72. The predicted octanol–water partition coefficient (Wildman–Crippen LogP) is 1.89. The molecule has 0 spiro atoms. The van der Waals surface area contributed by atoms with Gasteiger partial charge < -0.3 is 5.32 Å². The zero-order chi connectivity index (χ0) is 10.2. The molecule has 80 valence electrons. The Labute approximate surface area is 88.0 Å². The second kappa shape index (κ2) is 3.72. The van der Waals surface area contributed by atoms with E-state index in [9.17, 15) is 9.18 Å². The Morgan fingerprint density at radius 3 is 2.79 bits per heavy atom. The molecule has 14 heavy (non-hydrogen) atoms. The summed E-state index contributed by atoms with van der Waals surface area (Å²) < 4.78 is 13.1. The van der Waals surface area contributed by atoms with Crippen molar-refractivity contribution >= 4 is 17.7 Å². The number of carbonyl (C=O) groups is 1. The average Bonchev–Trinajstić information content (AvgIpc) is 2.51. The van der Waals surface area contributed by atoms with Crippen LogP contribution in [-0.4, -0.2) is 28.6 Å². The van der Waals surface area contributed by atoms with Crippen molar-refractivity contribution in [2.45, 2.75) is 49.6 Å². The van der Waals surface area contributed by atoms with Gasteiger partial charge in [-0.3, -0.25) is 4.79 Å². The normalized spacial score (nSPS) is 41.9. The number of rotatable bonds is 2. The summed E-state index contributed by atoms with van der Waals surface area (Å²) in [7, 11) is 0. The SMILES string of the molecule is CC1(F)CC(NC(=O)C2CCCS2)C1. The van der Waals surface area contributed by atoms with Crippen LogP contribution in [0.25, 0.3) is 0 Å². The highest BCUT2D eigenvalue weighted by molar-refractivity contribution is 8.00. The van der Waals surface area contributed by atoms with Crippen molar-refractivity contribution in [3.8, 4) is 0 Å². The summed E-state index contributed by atoms with van der Waals surface area (Å²) in [6.45, 7) is 1.60. The molecule has 2 rings (SSSR count). The fourth-order valence-corrected chi connectivity index (χ4v) is 3.32. The first kappa shape index (κ1) is 10.3. The van der Waals surface area contributed by atoms with E-state index < -0.39 is 5.67 Å². The fraction of sp³-hybridized carbons (Fsp3) is 0.900. The molecule has 0 aromatic rings. The summed E-state index contributed by atoms with van der Waals surface area (Å²) in [6.07, 6.45) is 3.08. The third kappa shape index (κ3) is 2.22. The quantitative estimate of drug-likeness (QED) is 0.765. The molecule has 2 fully saturated rings. The first-order valence-corrected chi connectivity index (χ1v) is 6.23. The van der Waals surface area contributed by atoms with Crippen molar-refractivity contribution in [3.63, 3.8) is 0 Å². The smallest absolute Gasteiger partial charge is 0.233 e. The zero-order valence-corrected chi connectivity index (χ0v) is 9.20. The van der Waals surface area contributed by atoms with Crippen LogP contribution in [0, 0.1) is 0 Å². The third-order valence-corrected chi connectivity index (χ3v) is 4.29. The topological polar surface area (TPSA) is 29.1 Å². The minimum absolute atomic E-state index is 0.0821. The third-order valence-electron chi connectivity index (χ3n) is 2.91. The first-order chi connectivity index (χ1) is 6.57. The molecule has 1 saturated heterocycles. The van der Waals surface area contributed by atoms with Crippen LogP contribution in [0.1, 0.15) is 32.6 Å². The lowest BCUT2D eigenvalue weighted by Gasteiger charge is -2.39. The fourth-order valence-electron chi connectivity index (χ4n) is 2.15. The monoisotopic (exact) mass is 217 g/mol. The first-order valence-electron chi connectivity index (χ1n) is 5.18. The lowest BCUT2D eigenvalue weighted by Crippen LogP contribution is -2.52. The van der Waals surface area contributed by atoms with Gasteiger partial charge in [-0.05, 0) is 25.5 Å².